The number of nitrogens with zero attached hydrogens (tertiary/aromatic N) is 1. The van der Waals surface area contributed by atoms with Gasteiger partial charge in [-0.1, -0.05) is 6.42 Å². The molecule has 47 valence electrons. The molecule has 9 heavy (non-hydrogen) atoms. The van der Waals surface area contributed by atoms with Gasteiger partial charge in [0.25, 0.3) is 0 Å². The average molecular weight is 197 g/mol. The van der Waals surface area contributed by atoms with Crippen LogP contribution in [0.5, 0.6) is 0 Å². The molecule has 3 heteroatoms. The first-order valence-corrected chi connectivity index (χ1v) is 2.40. The zero-order valence-electron chi connectivity index (χ0n) is 5.22. The van der Waals surface area contributed by atoms with Crippen molar-refractivity contribution in [2.24, 2.45) is 10.7 Å². The molecular weight excluding hydrogens is 189 g/mol. The molecule has 1 radical (unpaired) electrons. The minimum atomic E-state index is 0. The molecule has 0 saturated carbocycles. The molecular formula is C6H8N2Y-2. The average Bonchev–Trinajstić information content (AvgIpc) is 1.85. The molecule has 0 aliphatic carbocycles. The van der Waals surface area contributed by atoms with Crippen LogP contribution in [0, 0.1) is 13.8 Å². The number of rotatable bonds is 0. The fraction of sp³-hybridized carbons (Fsp3) is 0.167. The van der Waals surface area contributed by atoms with E-state index in [1.54, 1.807) is 0 Å². The molecule has 0 amide bonds. The summed E-state index contributed by atoms with van der Waals surface area (Å²) in [6.07, 6.45) is 0.693. The number of nitrogens with two attached hydrogens (primary N) is 1. The van der Waals surface area contributed by atoms with Gasteiger partial charge in [-0.15, -0.1) is 0 Å². The maximum Gasteiger partial charge on any atom is 0.0618 e. The third-order valence-electron chi connectivity index (χ3n) is 1.08. The van der Waals surface area contributed by atoms with E-state index in [4.69, 9.17) is 5.73 Å². The Hall–Kier alpha value is 0.0539. The Balaban J connectivity index is 0.000000640. The molecule has 0 unspecified atom stereocenters. The molecule has 0 spiro atoms. The molecule has 0 aromatic heterocycles. The molecule has 1 rings (SSSR count). The Kier molecular flexibility index (Phi) is 3.30. The zero-order valence-corrected chi connectivity index (χ0v) is 8.06. The minimum Gasteiger partial charge on any atom is -0.390 e. The maximum absolute atomic E-state index is 5.34. The maximum atomic E-state index is 5.34. The molecule has 2 nitrogen and oxygen atoms in total. The summed E-state index contributed by atoms with van der Waals surface area (Å²) in [6.45, 7) is 7.31. The van der Waals surface area contributed by atoms with Gasteiger partial charge in [-0.2, -0.15) is 0 Å². The molecule has 0 aromatic rings. The Bertz CT molecular complexity index is 170. The second-order valence-electron chi connectivity index (χ2n) is 1.83. The van der Waals surface area contributed by atoms with E-state index in [1.165, 1.54) is 0 Å². The summed E-state index contributed by atoms with van der Waals surface area (Å²) < 4.78 is 0. The number of allylic oxidation sites excluding steroid dienone is 1. The summed E-state index contributed by atoms with van der Waals surface area (Å²) in [5.74, 6) is 0.625. The van der Waals surface area contributed by atoms with Crippen molar-refractivity contribution >= 4 is 5.84 Å². The second-order valence-corrected chi connectivity index (χ2v) is 1.83. The summed E-state index contributed by atoms with van der Waals surface area (Å²) >= 11 is 0. The molecule has 2 N–H and O–H groups in total. The van der Waals surface area contributed by atoms with Crippen molar-refractivity contribution in [3.63, 3.8) is 0 Å². The van der Waals surface area contributed by atoms with E-state index in [-0.39, 0.29) is 32.7 Å². The summed E-state index contributed by atoms with van der Waals surface area (Å²) in [6, 6.07) is 0. The fourth-order valence-electron chi connectivity index (χ4n) is 0.613. The first-order chi connectivity index (χ1) is 3.70. The molecule has 1 aliphatic rings. The second kappa shape index (κ2) is 3.28. The van der Waals surface area contributed by atoms with E-state index >= 15 is 0 Å². The van der Waals surface area contributed by atoms with Gasteiger partial charge in [0.15, 0.2) is 0 Å². The van der Waals surface area contributed by atoms with Crippen molar-refractivity contribution in [2.45, 2.75) is 6.42 Å². The molecule has 0 saturated heterocycles. The van der Waals surface area contributed by atoms with Crippen LogP contribution in [0.25, 0.3) is 0 Å². The van der Waals surface area contributed by atoms with Crippen LogP contribution in [-0.4, -0.2) is 5.84 Å². The van der Waals surface area contributed by atoms with Gasteiger partial charge >= 0.3 is 0 Å². The number of hydrogen-bond acceptors (Lipinski definition) is 2. The predicted octanol–water partition coefficient (Wildman–Crippen LogP) is 0.667. The van der Waals surface area contributed by atoms with Crippen molar-refractivity contribution in [3.8, 4) is 0 Å². The summed E-state index contributed by atoms with van der Waals surface area (Å²) in [7, 11) is 0. The van der Waals surface area contributed by atoms with Gasteiger partial charge < -0.3 is 30.1 Å². The van der Waals surface area contributed by atoms with Crippen molar-refractivity contribution in [1.82, 2.24) is 0 Å². The van der Waals surface area contributed by atoms with Crippen molar-refractivity contribution < 1.29 is 32.7 Å². The van der Waals surface area contributed by atoms with Crippen LogP contribution in [0.4, 0.5) is 0 Å². The van der Waals surface area contributed by atoms with E-state index in [2.05, 4.69) is 18.8 Å². The van der Waals surface area contributed by atoms with Crippen molar-refractivity contribution in [1.29, 1.82) is 0 Å². The van der Waals surface area contributed by atoms with Crippen molar-refractivity contribution in [3.05, 3.63) is 25.1 Å². The van der Waals surface area contributed by atoms with Crippen LogP contribution in [0.15, 0.2) is 16.3 Å². The largest absolute Gasteiger partial charge is 0.390 e. The van der Waals surface area contributed by atoms with Crippen LogP contribution in [-0.2, 0) is 32.7 Å². The monoisotopic (exact) mass is 197 g/mol. The number of hydrogen-bond donors (Lipinski definition) is 1. The predicted molar refractivity (Wildman–Crippen MR) is 34.0 cm³/mol. The molecule has 1 aliphatic heterocycles. The Morgan fingerprint density at radius 1 is 1.44 bits per heavy atom. The third-order valence-corrected chi connectivity index (χ3v) is 1.08. The molecule has 0 aromatic carbocycles. The summed E-state index contributed by atoms with van der Waals surface area (Å²) in [5, 5.41) is 0. The van der Waals surface area contributed by atoms with Crippen LogP contribution >= 0.6 is 0 Å². The Labute approximate surface area is 80.5 Å². The SMILES string of the molecule is [CH2-]C1=C([CH2-])N=C(N)C1.[Y]. The molecule has 0 bridgehead atoms. The quantitative estimate of drug-likeness (QED) is 0.569. The first-order valence-electron chi connectivity index (χ1n) is 2.40. The number of amidine groups is 1. The first kappa shape index (κ1) is 9.05. The van der Waals surface area contributed by atoms with Gasteiger partial charge in [-0.3, -0.25) is 5.70 Å². The van der Waals surface area contributed by atoms with Gasteiger partial charge in [-0.05, 0) is 0 Å². The normalized spacial score (nSPS) is 17.1. The summed E-state index contributed by atoms with van der Waals surface area (Å²) in [4.78, 5) is 3.87. The van der Waals surface area contributed by atoms with Gasteiger partial charge in [0.05, 0.1) is 5.84 Å². The van der Waals surface area contributed by atoms with Gasteiger partial charge in [0.1, 0.15) is 0 Å². The molecule has 0 fully saturated rings. The van der Waals surface area contributed by atoms with Gasteiger partial charge in [0, 0.05) is 32.7 Å². The third kappa shape index (κ3) is 2.03. The van der Waals surface area contributed by atoms with E-state index in [0.29, 0.717) is 12.3 Å². The number of aliphatic imine (C=N–C) groups is 1. The van der Waals surface area contributed by atoms with Crippen LogP contribution in [0.1, 0.15) is 6.42 Å². The standard InChI is InChI=1S/C6H8N2.Y/c1-4-3-6(7)8-5(4)2;/h1-3H2,(H2,7,8);/q-2;. The topological polar surface area (TPSA) is 38.4 Å². The Morgan fingerprint density at radius 2 is 2.00 bits per heavy atom. The van der Waals surface area contributed by atoms with Crippen LogP contribution in [0.3, 0.4) is 0 Å². The van der Waals surface area contributed by atoms with Gasteiger partial charge in [-0.25, -0.2) is 0 Å². The minimum absolute atomic E-state index is 0. The van der Waals surface area contributed by atoms with Gasteiger partial charge in [0.2, 0.25) is 0 Å². The smallest absolute Gasteiger partial charge is 0.0618 e. The summed E-state index contributed by atoms with van der Waals surface area (Å²) in [5.41, 5.74) is 7.00. The van der Waals surface area contributed by atoms with E-state index in [0.717, 1.165) is 11.3 Å². The molecule has 1 heterocycles. The van der Waals surface area contributed by atoms with Crippen LogP contribution in [0.2, 0.25) is 0 Å². The van der Waals surface area contributed by atoms with E-state index < -0.39 is 0 Å². The fourth-order valence-corrected chi connectivity index (χ4v) is 0.613. The van der Waals surface area contributed by atoms with Crippen molar-refractivity contribution in [2.75, 3.05) is 0 Å². The zero-order chi connectivity index (χ0) is 6.15. The Morgan fingerprint density at radius 3 is 2.11 bits per heavy atom. The van der Waals surface area contributed by atoms with Crippen LogP contribution < -0.4 is 5.73 Å². The van der Waals surface area contributed by atoms with E-state index in [9.17, 15) is 0 Å². The van der Waals surface area contributed by atoms with E-state index in [1.807, 2.05) is 0 Å². The molecule has 0 atom stereocenters.